The van der Waals surface area contributed by atoms with Crippen LogP contribution in [0.5, 0.6) is 5.75 Å². The second kappa shape index (κ2) is 9.64. The minimum atomic E-state index is -0.0500. The summed E-state index contributed by atoms with van der Waals surface area (Å²) >= 11 is 0. The van der Waals surface area contributed by atoms with Gasteiger partial charge in [0.05, 0.1) is 6.61 Å². The maximum Gasteiger partial charge on any atom is 0.228 e. The molecule has 4 nitrogen and oxygen atoms in total. The van der Waals surface area contributed by atoms with Crippen LogP contribution >= 0.6 is 12.4 Å². The minimum absolute atomic E-state index is 0. The smallest absolute Gasteiger partial charge is 0.228 e. The molecule has 0 fully saturated rings. The summed E-state index contributed by atoms with van der Waals surface area (Å²) in [5.74, 6) is 0.802. The van der Waals surface area contributed by atoms with Crippen molar-refractivity contribution in [1.29, 1.82) is 0 Å². The van der Waals surface area contributed by atoms with Crippen molar-refractivity contribution in [1.82, 2.24) is 5.32 Å². The van der Waals surface area contributed by atoms with Crippen LogP contribution in [-0.2, 0) is 4.79 Å². The average molecular weight is 287 g/mol. The van der Waals surface area contributed by atoms with E-state index in [0.717, 1.165) is 17.9 Å². The summed E-state index contributed by atoms with van der Waals surface area (Å²) in [5.41, 5.74) is 0.798. The van der Waals surface area contributed by atoms with E-state index in [9.17, 15) is 4.79 Å². The van der Waals surface area contributed by atoms with Crippen molar-refractivity contribution in [3.8, 4) is 5.75 Å². The van der Waals surface area contributed by atoms with Gasteiger partial charge in [0, 0.05) is 18.2 Å². The predicted octanol–water partition coefficient (Wildman–Crippen LogP) is 2.69. The van der Waals surface area contributed by atoms with Crippen LogP contribution in [0.15, 0.2) is 24.3 Å². The van der Waals surface area contributed by atoms with Gasteiger partial charge in [0.15, 0.2) is 0 Å². The number of halogens is 1. The van der Waals surface area contributed by atoms with Crippen LogP contribution in [0, 0.1) is 5.92 Å². The van der Waals surface area contributed by atoms with Crippen molar-refractivity contribution < 1.29 is 9.53 Å². The fraction of sp³-hybridized carbons (Fsp3) is 0.500. The Balaban J connectivity index is 0.00000324. The summed E-state index contributed by atoms with van der Waals surface area (Å²) in [7, 11) is 1.84. The van der Waals surface area contributed by atoms with Crippen molar-refractivity contribution in [3.05, 3.63) is 24.3 Å². The molecule has 0 radical (unpaired) electrons. The van der Waals surface area contributed by atoms with E-state index >= 15 is 0 Å². The standard InChI is InChI=1S/C14H22N2O2.ClH/c1-4-9-18-13-7-5-12(6-8-13)16-14(17)11(2)10-15-3;/h5-8,11,15H,4,9-10H2,1-3H3,(H,16,17);1H. The molecule has 1 aromatic rings. The van der Waals surface area contributed by atoms with Gasteiger partial charge in [-0.15, -0.1) is 12.4 Å². The number of nitrogens with one attached hydrogen (secondary N) is 2. The zero-order valence-electron chi connectivity index (χ0n) is 11.7. The molecule has 5 heteroatoms. The number of carbonyl (C=O) groups excluding carboxylic acids is 1. The van der Waals surface area contributed by atoms with E-state index in [2.05, 4.69) is 17.6 Å². The van der Waals surface area contributed by atoms with Gasteiger partial charge in [-0.2, -0.15) is 0 Å². The molecule has 0 aromatic heterocycles. The Labute approximate surface area is 121 Å². The number of hydrogen-bond donors (Lipinski definition) is 2. The molecule has 0 saturated carbocycles. The van der Waals surface area contributed by atoms with Gasteiger partial charge in [0.1, 0.15) is 5.75 Å². The Morgan fingerprint density at radius 3 is 2.47 bits per heavy atom. The number of amides is 1. The first-order valence-corrected chi connectivity index (χ1v) is 6.35. The molecular formula is C14H23ClN2O2. The minimum Gasteiger partial charge on any atom is -0.494 e. The highest BCUT2D eigenvalue weighted by Gasteiger charge is 2.11. The molecule has 1 unspecified atom stereocenters. The van der Waals surface area contributed by atoms with Gasteiger partial charge >= 0.3 is 0 Å². The zero-order valence-corrected chi connectivity index (χ0v) is 12.5. The van der Waals surface area contributed by atoms with E-state index in [0.29, 0.717) is 13.2 Å². The van der Waals surface area contributed by atoms with Gasteiger partial charge in [0.25, 0.3) is 0 Å². The van der Waals surface area contributed by atoms with E-state index in [-0.39, 0.29) is 24.2 Å². The first-order chi connectivity index (χ1) is 8.67. The molecule has 0 aliphatic rings. The Hall–Kier alpha value is -1.26. The summed E-state index contributed by atoms with van der Waals surface area (Å²) < 4.78 is 5.48. The maximum atomic E-state index is 11.8. The fourth-order valence-electron chi connectivity index (χ4n) is 1.52. The lowest BCUT2D eigenvalue weighted by atomic mass is 10.1. The summed E-state index contributed by atoms with van der Waals surface area (Å²) in [4.78, 5) is 11.8. The van der Waals surface area contributed by atoms with Gasteiger partial charge in [-0.05, 0) is 37.7 Å². The summed E-state index contributed by atoms with van der Waals surface area (Å²) in [5, 5.41) is 5.86. The highest BCUT2D eigenvalue weighted by atomic mass is 35.5. The van der Waals surface area contributed by atoms with Gasteiger partial charge in [0.2, 0.25) is 5.91 Å². The highest BCUT2D eigenvalue weighted by molar-refractivity contribution is 5.92. The first kappa shape index (κ1) is 17.7. The molecular weight excluding hydrogens is 264 g/mol. The third-order valence-corrected chi connectivity index (χ3v) is 2.55. The Morgan fingerprint density at radius 2 is 1.95 bits per heavy atom. The molecule has 0 bridgehead atoms. The highest BCUT2D eigenvalue weighted by Crippen LogP contribution is 2.16. The van der Waals surface area contributed by atoms with Gasteiger partial charge < -0.3 is 15.4 Å². The van der Waals surface area contributed by atoms with E-state index in [1.165, 1.54) is 0 Å². The Bertz CT molecular complexity index is 368. The first-order valence-electron chi connectivity index (χ1n) is 6.35. The third-order valence-electron chi connectivity index (χ3n) is 2.55. The molecule has 0 saturated heterocycles. The number of ether oxygens (including phenoxy) is 1. The topological polar surface area (TPSA) is 50.4 Å². The van der Waals surface area contributed by atoms with E-state index in [1.54, 1.807) is 0 Å². The average Bonchev–Trinajstić information content (AvgIpc) is 2.38. The van der Waals surface area contributed by atoms with Crippen LogP contribution in [-0.4, -0.2) is 26.1 Å². The number of rotatable bonds is 7. The SMILES string of the molecule is CCCOc1ccc(NC(=O)C(C)CNC)cc1.Cl. The van der Waals surface area contributed by atoms with E-state index in [4.69, 9.17) is 4.74 Å². The molecule has 0 aliphatic carbocycles. The van der Waals surface area contributed by atoms with E-state index in [1.807, 2.05) is 38.2 Å². The predicted molar refractivity (Wildman–Crippen MR) is 81.2 cm³/mol. The molecule has 1 amide bonds. The second-order valence-corrected chi connectivity index (χ2v) is 4.32. The van der Waals surface area contributed by atoms with Crippen LogP contribution in [0.2, 0.25) is 0 Å². The lowest BCUT2D eigenvalue weighted by Crippen LogP contribution is -2.28. The van der Waals surface area contributed by atoms with Crippen LogP contribution in [0.4, 0.5) is 5.69 Å². The largest absolute Gasteiger partial charge is 0.494 e. The lowest BCUT2D eigenvalue weighted by molar-refractivity contribution is -0.119. The van der Waals surface area contributed by atoms with Crippen molar-refractivity contribution in [2.75, 3.05) is 25.5 Å². The molecule has 108 valence electrons. The normalized spacial score (nSPS) is 11.3. The molecule has 2 N–H and O–H groups in total. The van der Waals surface area contributed by atoms with Crippen LogP contribution in [0.1, 0.15) is 20.3 Å². The molecule has 1 atom stereocenters. The van der Waals surface area contributed by atoms with Crippen molar-refractivity contribution in [3.63, 3.8) is 0 Å². The number of anilines is 1. The molecule has 0 spiro atoms. The third kappa shape index (κ3) is 6.45. The molecule has 1 aromatic carbocycles. The molecule has 0 heterocycles. The fourth-order valence-corrected chi connectivity index (χ4v) is 1.52. The Kier molecular flexibility index (Phi) is 9.00. The van der Waals surface area contributed by atoms with Gasteiger partial charge in [-0.1, -0.05) is 13.8 Å². The summed E-state index contributed by atoms with van der Waals surface area (Å²) in [6.45, 7) is 5.34. The number of carbonyl (C=O) groups is 1. The monoisotopic (exact) mass is 286 g/mol. The molecule has 19 heavy (non-hydrogen) atoms. The molecule has 1 rings (SSSR count). The van der Waals surface area contributed by atoms with Gasteiger partial charge in [-0.25, -0.2) is 0 Å². The summed E-state index contributed by atoms with van der Waals surface area (Å²) in [6, 6.07) is 7.45. The lowest BCUT2D eigenvalue weighted by Gasteiger charge is -2.12. The quantitative estimate of drug-likeness (QED) is 0.810. The second-order valence-electron chi connectivity index (χ2n) is 4.32. The van der Waals surface area contributed by atoms with E-state index < -0.39 is 0 Å². The summed E-state index contributed by atoms with van der Waals surface area (Å²) in [6.07, 6.45) is 0.986. The van der Waals surface area contributed by atoms with Crippen molar-refractivity contribution >= 4 is 24.0 Å². The maximum absolute atomic E-state index is 11.8. The van der Waals surface area contributed by atoms with Gasteiger partial charge in [-0.3, -0.25) is 4.79 Å². The van der Waals surface area contributed by atoms with Crippen LogP contribution in [0.25, 0.3) is 0 Å². The Morgan fingerprint density at radius 1 is 1.32 bits per heavy atom. The molecule has 0 aliphatic heterocycles. The van der Waals surface area contributed by atoms with Crippen LogP contribution < -0.4 is 15.4 Å². The zero-order chi connectivity index (χ0) is 13.4. The van der Waals surface area contributed by atoms with Crippen LogP contribution in [0.3, 0.4) is 0 Å². The van der Waals surface area contributed by atoms with Crippen molar-refractivity contribution in [2.45, 2.75) is 20.3 Å². The van der Waals surface area contributed by atoms with Crippen molar-refractivity contribution in [2.24, 2.45) is 5.92 Å². The number of hydrogen-bond acceptors (Lipinski definition) is 3. The number of benzene rings is 1.